The maximum absolute atomic E-state index is 13.2. The number of hydrogen-bond donors (Lipinski definition) is 2. The lowest BCUT2D eigenvalue weighted by molar-refractivity contribution is 0.0780. The van der Waals surface area contributed by atoms with Gasteiger partial charge in [0, 0.05) is 19.1 Å². The second kappa shape index (κ2) is 6.00. The maximum Gasteiger partial charge on any atom is 0.278 e. The molecule has 2 aromatic rings. The van der Waals surface area contributed by atoms with Gasteiger partial charge in [-0.15, -0.1) is 0 Å². The van der Waals surface area contributed by atoms with Crippen LogP contribution in [0.15, 0.2) is 24.4 Å². The van der Waals surface area contributed by atoms with E-state index in [-0.39, 0.29) is 29.2 Å². The number of nitrogens with one attached hydrogen (secondary N) is 1. The number of halogens is 1. The van der Waals surface area contributed by atoms with E-state index in [1.807, 2.05) is 7.05 Å². The second-order valence-electron chi connectivity index (χ2n) is 5.76. The summed E-state index contributed by atoms with van der Waals surface area (Å²) in [7, 11) is 1.86. The van der Waals surface area contributed by atoms with Crippen molar-refractivity contribution in [3.63, 3.8) is 0 Å². The first-order valence-corrected chi connectivity index (χ1v) is 7.51. The van der Waals surface area contributed by atoms with Gasteiger partial charge in [0.05, 0.1) is 11.9 Å². The molecule has 6 nitrogen and oxygen atoms in total. The van der Waals surface area contributed by atoms with Crippen LogP contribution in [0.1, 0.15) is 22.5 Å². The van der Waals surface area contributed by atoms with Gasteiger partial charge in [-0.3, -0.25) is 4.79 Å². The largest absolute Gasteiger partial charge is 0.504 e. The number of carbonyl (C=O) groups excluding carboxylic acids is 1. The van der Waals surface area contributed by atoms with Crippen LogP contribution in [0.2, 0.25) is 0 Å². The van der Waals surface area contributed by atoms with Gasteiger partial charge in [-0.2, -0.15) is 5.10 Å². The van der Waals surface area contributed by atoms with Crippen molar-refractivity contribution in [1.29, 1.82) is 0 Å². The van der Waals surface area contributed by atoms with Crippen molar-refractivity contribution in [2.24, 2.45) is 0 Å². The molecule has 1 fully saturated rings. The molecule has 1 atom stereocenters. The van der Waals surface area contributed by atoms with E-state index in [0.717, 1.165) is 6.42 Å². The predicted molar refractivity (Wildman–Crippen MR) is 83.3 cm³/mol. The topological polar surface area (TPSA) is 70.4 Å². The van der Waals surface area contributed by atoms with Gasteiger partial charge in [0.1, 0.15) is 5.82 Å². The van der Waals surface area contributed by atoms with E-state index in [1.54, 1.807) is 17.9 Å². The van der Waals surface area contributed by atoms with Gasteiger partial charge in [-0.1, -0.05) is 0 Å². The first-order valence-electron chi connectivity index (χ1n) is 7.51. The van der Waals surface area contributed by atoms with Crippen molar-refractivity contribution >= 4 is 5.91 Å². The Morgan fingerprint density at radius 1 is 1.48 bits per heavy atom. The van der Waals surface area contributed by atoms with Gasteiger partial charge in [0.15, 0.2) is 11.4 Å². The number of hydrogen-bond acceptors (Lipinski definition) is 4. The first-order chi connectivity index (χ1) is 11.0. The Labute approximate surface area is 133 Å². The third-order valence-electron chi connectivity index (χ3n) is 4.19. The molecule has 1 aromatic heterocycles. The first kappa shape index (κ1) is 15.5. The van der Waals surface area contributed by atoms with Crippen LogP contribution in [0.3, 0.4) is 0 Å². The Morgan fingerprint density at radius 2 is 2.26 bits per heavy atom. The summed E-state index contributed by atoms with van der Waals surface area (Å²) in [5.74, 6) is -0.806. The van der Waals surface area contributed by atoms with Gasteiger partial charge in [0.25, 0.3) is 5.91 Å². The number of rotatable bonds is 3. The summed E-state index contributed by atoms with van der Waals surface area (Å²) in [4.78, 5) is 14.2. The standard InChI is InChI=1S/C16H19FN4O2/c1-10-7-11(17)3-4-13(10)21-9-14(22)15(19-21)16(23)20-6-5-12(8-20)18-2/h3-4,7,9,12,18,22H,5-6,8H2,1-2H3. The molecule has 1 saturated heterocycles. The molecule has 1 aromatic carbocycles. The minimum Gasteiger partial charge on any atom is -0.504 e. The Balaban J connectivity index is 1.88. The molecule has 2 heterocycles. The average Bonchev–Trinajstić information content (AvgIpc) is 3.13. The summed E-state index contributed by atoms with van der Waals surface area (Å²) in [5.41, 5.74) is 1.31. The minimum absolute atomic E-state index is 0.0190. The monoisotopic (exact) mass is 318 g/mol. The number of benzene rings is 1. The normalized spacial score (nSPS) is 17.7. The van der Waals surface area contributed by atoms with Crippen molar-refractivity contribution in [3.8, 4) is 11.4 Å². The minimum atomic E-state index is -0.339. The van der Waals surface area contributed by atoms with Gasteiger partial charge in [0.2, 0.25) is 0 Å². The van der Waals surface area contributed by atoms with Crippen LogP contribution in [-0.2, 0) is 0 Å². The van der Waals surface area contributed by atoms with E-state index in [9.17, 15) is 14.3 Å². The van der Waals surface area contributed by atoms with Crippen LogP contribution < -0.4 is 5.32 Å². The van der Waals surface area contributed by atoms with Crippen LogP contribution in [-0.4, -0.2) is 51.9 Å². The maximum atomic E-state index is 13.2. The average molecular weight is 318 g/mol. The third-order valence-corrected chi connectivity index (χ3v) is 4.19. The Kier molecular flexibility index (Phi) is 4.04. The highest BCUT2D eigenvalue weighted by atomic mass is 19.1. The van der Waals surface area contributed by atoms with E-state index in [0.29, 0.717) is 24.3 Å². The van der Waals surface area contributed by atoms with Crippen LogP contribution in [0.25, 0.3) is 5.69 Å². The highest BCUT2D eigenvalue weighted by Gasteiger charge is 2.29. The zero-order valence-electron chi connectivity index (χ0n) is 13.1. The molecular weight excluding hydrogens is 299 g/mol. The molecule has 2 N–H and O–H groups in total. The molecule has 0 spiro atoms. The molecule has 0 radical (unpaired) electrons. The molecule has 23 heavy (non-hydrogen) atoms. The quantitative estimate of drug-likeness (QED) is 0.899. The number of nitrogens with zero attached hydrogens (tertiary/aromatic N) is 3. The zero-order valence-corrected chi connectivity index (χ0v) is 13.1. The molecule has 0 aliphatic carbocycles. The number of amides is 1. The fourth-order valence-electron chi connectivity index (χ4n) is 2.85. The molecule has 1 aliphatic heterocycles. The summed E-state index contributed by atoms with van der Waals surface area (Å²) < 4.78 is 14.6. The third kappa shape index (κ3) is 2.92. The summed E-state index contributed by atoms with van der Waals surface area (Å²) in [6.45, 7) is 2.97. The Morgan fingerprint density at radius 3 is 2.91 bits per heavy atom. The fourth-order valence-corrected chi connectivity index (χ4v) is 2.85. The number of likely N-dealkylation sites (N-methyl/N-ethyl adjacent to an activating group) is 1. The molecular formula is C16H19FN4O2. The lowest BCUT2D eigenvalue weighted by atomic mass is 10.2. The van der Waals surface area contributed by atoms with Crippen molar-refractivity contribution < 1.29 is 14.3 Å². The SMILES string of the molecule is CNC1CCN(C(=O)c2nn(-c3ccc(F)cc3C)cc2O)C1. The molecule has 1 amide bonds. The van der Waals surface area contributed by atoms with Gasteiger partial charge < -0.3 is 15.3 Å². The van der Waals surface area contributed by atoms with E-state index in [2.05, 4.69) is 10.4 Å². The summed E-state index contributed by atoms with van der Waals surface area (Å²) >= 11 is 0. The van der Waals surface area contributed by atoms with Crippen LogP contribution in [0.5, 0.6) is 5.75 Å². The highest BCUT2D eigenvalue weighted by Crippen LogP contribution is 2.23. The summed E-state index contributed by atoms with van der Waals surface area (Å²) in [5, 5.41) is 17.4. The smallest absolute Gasteiger partial charge is 0.278 e. The number of aromatic nitrogens is 2. The molecule has 7 heteroatoms. The van der Waals surface area contributed by atoms with Gasteiger partial charge in [-0.05, 0) is 44.2 Å². The predicted octanol–water partition coefficient (Wildman–Crippen LogP) is 1.46. The summed E-state index contributed by atoms with van der Waals surface area (Å²) in [6, 6.07) is 4.54. The zero-order chi connectivity index (χ0) is 16.6. The number of aromatic hydroxyl groups is 1. The van der Waals surface area contributed by atoms with Gasteiger partial charge >= 0.3 is 0 Å². The number of likely N-dealkylation sites (tertiary alicyclic amines) is 1. The van der Waals surface area contributed by atoms with Crippen molar-refractivity contribution in [1.82, 2.24) is 20.0 Å². The lowest BCUT2D eigenvalue weighted by Gasteiger charge is -2.15. The fraction of sp³-hybridized carbons (Fsp3) is 0.375. The van der Waals surface area contributed by atoms with Crippen molar-refractivity contribution in [3.05, 3.63) is 41.5 Å². The van der Waals surface area contributed by atoms with Crippen molar-refractivity contribution in [2.45, 2.75) is 19.4 Å². The molecule has 3 rings (SSSR count). The van der Waals surface area contributed by atoms with E-state index < -0.39 is 0 Å². The molecule has 0 bridgehead atoms. The molecule has 1 aliphatic rings. The van der Waals surface area contributed by atoms with Crippen LogP contribution in [0, 0.1) is 12.7 Å². The summed E-state index contributed by atoms with van der Waals surface area (Å²) in [6.07, 6.45) is 2.25. The number of carbonyl (C=O) groups is 1. The van der Waals surface area contributed by atoms with E-state index in [4.69, 9.17) is 0 Å². The van der Waals surface area contributed by atoms with Crippen molar-refractivity contribution in [2.75, 3.05) is 20.1 Å². The molecule has 1 unspecified atom stereocenters. The molecule has 122 valence electrons. The van der Waals surface area contributed by atoms with Crippen LogP contribution in [0.4, 0.5) is 4.39 Å². The van der Waals surface area contributed by atoms with E-state index in [1.165, 1.54) is 23.0 Å². The van der Waals surface area contributed by atoms with Crippen LogP contribution >= 0.6 is 0 Å². The Hall–Kier alpha value is -2.41. The second-order valence-corrected chi connectivity index (χ2v) is 5.76. The lowest BCUT2D eigenvalue weighted by Crippen LogP contribution is -2.33. The molecule has 0 saturated carbocycles. The van der Waals surface area contributed by atoms with E-state index >= 15 is 0 Å². The van der Waals surface area contributed by atoms with Gasteiger partial charge in [-0.25, -0.2) is 9.07 Å². The Bertz CT molecular complexity index is 744. The number of aryl methyl sites for hydroxylation is 1. The highest BCUT2D eigenvalue weighted by molar-refractivity contribution is 5.95.